The summed E-state index contributed by atoms with van der Waals surface area (Å²) in [7, 11) is 0. The molecule has 2 amide bonds. The third-order valence-corrected chi connectivity index (χ3v) is 7.94. The van der Waals surface area contributed by atoms with Crippen molar-refractivity contribution >= 4 is 41.0 Å². The van der Waals surface area contributed by atoms with E-state index >= 15 is 0 Å². The predicted octanol–water partition coefficient (Wildman–Crippen LogP) is 4.58. The number of carbonyl (C=O) groups excluding carboxylic acids is 3. The summed E-state index contributed by atoms with van der Waals surface area (Å²) in [5.41, 5.74) is -0.201. The van der Waals surface area contributed by atoms with E-state index in [1.807, 2.05) is 6.92 Å². The minimum absolute atomic E-state index is 0.0574. The van der Waals surface area contributed by atoms with Gasteiger partial charge in [-0.05, 0) is 81.9 Å². The normalized spacial score (nSPS) is 32.2. The van der Waals surface area contributed by atoms with E-state index in [0.717, 1.165) is 37.7 Å². The quantitative estimate of drug-likeness (QED) is 0.583. The van der Waals surface area contributed by atoms with Crippen LogP contribution in [-0.2, 0) is 19.1 Å². The number of carbonyl (C=O) groups is 3. The van der Waals surface area contributed by atoms with Crippen LogP contribution in [0, 0.1) is 17.3 Å². The fraction of sp³-hybridized carbons (Fsp3) is 0.625. The number of nitrogens with one attached hydrogen (secondary N) is 2. The van der Waals surface area contributed by atoms with Crippen LogP contribution in [0.2, 0.25) is 10.0 Å². The zero-order chi connectivity index (χ0) is 23.3. The van der Waals surface area contributed by atoms with Gasteiger partial charge in [0.1, 0.15) is 0 Å². The van der Waals surface area contributed by atoms with Crippen molar-refractivity contribution in [1.82, 2.24) is 10.6 Å². The van der Waals surface area contributed by atoms with E-state index in [4.69, 9.17) is 27.9 Å². The molecule has 4 atom stereocenters. The van der Waals surface area contributed by atoms with Crippen molar-refractivity contribution in [2.24, 2.45) is 17.3 Å². The van der Waals surface area contributed by atoms with Crippen LogP contribution in [0.4, 0.5) is 0 Å². The van der Waals surface area contributed by atoms with Gasteiger partial charge in [-0.25, -0.2) is 0 Å². The molecule has 32 heavy (non-hydrogen) atoms. The second-order valence-corrected chi connectivity index (χ2v) is 11.0. The first kappa shape index (κ1) is 23.4. The maximum absolute atomic E-state index is 13.3. The van der Waals surface area contributed by atoms with Gasteiger partial charge in [0.25, 0.3) is 5.91 Å². The Hall–Kier alpha value is -1.79. The Bertz CT molecular complexity index is 936. The smallest absolute Gasteiger partial charge is 0.312 e. The van der Waals surface area contributed by atoms with Crippen molar-refractivity contribution < 1.29 is 19.1 Å². The Kier molecular flexibility index (Phi) is 6.23. The van der Waals surface area contributed by atoms with Crippen molar-refractivity contribution in [3.63, 3.8) is 0 Å². The highest BCUT2D eigenvalue weighted by Crippen LogP contribution is 2.62. The van der Waals surface area contributed by atoms with Crippen molar-refractivity contribution in [2.45, 2.75) is 77.0 Å². The summed E-state index contributed by atoms with van der Waals surface area (Å²) in [6, 6.07) is 4.74. The van der Waals surface area contributed by atoms with E-state index in [2.05, 4.69) is 10.6 Å². The highest BCUT2D eigenvalue weighted by molar-refractivity contribution is 6.35. The van der Waals surface area contributed by atoms with Crippen LogP contribution in [0.1, 0.15) is 70.9 Å². The monoisotopic (exact) mass is 480 g/mol. The van der Waals surface area contributed by atoms with Crippen LogP contribution in [0.25, 0.3) is 0 Å². The molecule has 0 heterocycles. The molecule has 4 saturated carbocycles. The number of hydrogen-bond acceptors (Lipinski definition) is 4. The van der Waals surface area contributed by atoms with Crippen molar-refractivity contribution in [3.05, 3.63) is 33.8 Å². The van der Waals surface area contributed by atoms with E-state index in [0.29, 0.717) is 28.3 Å². The first-order valence-corrected chi connectivity index (χ1v) is 12.0. The van der Waals surface area contributed by atoms with Crippen LogP contribution in [0.3, 0.4) is 0 Å². The Morgan fingerprint density at radius 2 is 1.75 bits per heavy atom. The number of halogens is 2. The molecule has 0 aliphatic heterocycles. The lowest BCUT2D eigenvalue weighted by Crippen LogP contribution is -2.65. The highest BCUT2D eigenvalue weighted by atomic mass is 35.5. The number of esters is 1. The van der Waals surface area contributed by atoms with Gasteiger partial charge in [0.15, 0.2) is 6.10 Å². The number of hydrogen-bond donors (Lipinski definition) is 2. The summed E-state index contributed by atoms with van der Waals surface area (Å²) in [5, 5.41) is 7.00. The fourth-order valence-electron chi connectivity index (χ4n) is 6.62. The Labute approximate surface area is 198 Å². The molecule has 2 N–H and O–H groups in total. The van der Waals surface area contributed by atoms with Gasteiger partial charge in [0.05, 0.1) is 11.5 Å². The number of benzene rings is 1. The Morgan fingerprint density at radius 3 is 2.34 bits per heavy atom. The van der Waals surface area contributed by atoms with Gasteiger partial charge in [-0.3, -0.25) is 14.4 Å². The predicted molar refractivity (Wildman–Crippen MR) is 122 cm³/mol. The SMILES string of the molecule is CC(=O)NC12C[C@@H]3C[C@@H](C1)CC(C(=O)O[C@@H](C)C(=O)N[C@@H](C)c1ccc(Cl)cc1Cl)(C3)C2. The minimum Gasteiger partial charge on any atom is -0.452 e. The highest BCUT2D eigenvalue weighted by Gasteiger charge is 2.61. The summed E-state index contributed by atoms with van der Waals surface area (Å²) in [6.45, 7) is 4.94. The van der Waals surface area contributed by atoms with E-state index in [9.17, 15) is 14.4 Å². The number of rotatable bonds is 6. The number of ether oxygens (including phenoxy) is 1. The molecule has 0 aromatic heterocycles. The lowest BCUT2D eigenvalue weighted by atomic mass is 9.47. The summed E-state index contributed by atoms with van der Waals surface area (Å²) in [6.07, 6.45) is 4.16. The van der Waals surface area contributed by atoms with E-state index in [1.165, 1.54) is 6.92 Å². The fourth-order valence-corrected chi connectivity index (χ4v) is 7.19. The molecule has 8 heteroatoms. The van der Waals surface area contributed by atoms with E-state index in [1.54, 1.807) is 25.1 Å². The Balaban J connectivity index is 1.42. The van der Waals surface area contributed by atoms with Crippen LogP contribution in [0.5, 0.6) is 0 Å². The van der Waals surface area contributed by atoms with Crippen LogP contribution in [0.15, 0.2) is 18.2 Å². The summed E-state index contributed by atoms with van der Waals surface area (Å²) < 4.78 is 5.72. The minimum atomic E-state index is -0.930. The maximum atomic E-state index is 13.3. The summed E-state index contributed by atoms with van der Waals surface area (Å²) in [4.78, 5) is 37.9. The summed E-state index contributed by atoms with van der Waals surface area (Å²) >= 11 is 12.2. The second-order valence-electron chi connectivity index (χ2n) is 10.1. The molecule has 4 aliphatic carbocycles. The molecular formula is C24H30Cl2N2O4. The van der Waals surface area contributed by atoms with Gasteiger partial charge in [-0.2, -0.15) is 0 Å². The van der Waals surface area contributed by atoms with Crippen molar-refractivity contribution in [1.29, 1.82) is 0 Å². The average molecular weight is 481 g/mol. The molecule has 0 unspecified atom stereocenters. The van der Waals surface area contributed by atoms with Crippen LogP contribution < -0.4 is 10.6 Å². The van der Waals surface area contributed by atoms with Crippen LogP contribution in [-0.4, -0.2) is 29.4 Å². The van der Waals surface area contributed by atoms with Gasteiger partial charge >= 0.3 is 5.97 Å². The number of amides is 2. The zero-order valence-electron chi connectivity index (χ0n) is 18.7. The molecule has 5 rings (SSSR count). The standard InChI is InChI=1S/C24H30Cl2N2O4/c1-13(19-5-4-18(25)7-20(19)26)27-21(30)14(2)32-22(31)23-8-16-6-17(9-23)11-24(10-16,12-23)28-15(3)29/h4-5,7,13-14,16-17H,6,8-12H2,1-3H3,(H,27,30)(H,28,29)/t13-,14-,16+,17+,23?,24?/m0/s1. The molecule has 4 bridgehead atoms. The van der Waals surface area contributed by atoms with E-state index < -0.39 is 11.5 Å². The molecule has 4 fully saturated rings. The third-order valence-electron chi connectivity index (χ3n) is 7.38. The Morgan fingerprint density at radius 1 is 1.09 bits per heavy atom. The lowest BCUT2D eigenvalue weighted by Gasteiger charge is -2.60. The lowest BCUT2D eigenvalue weighted by molar-refractivity contribution is -0.182. The van der Waals surface area contributed by atoms with E-state index in [-0.39, 0.29) is 29.4 Å². The molecule has 0 spiro atoms. The van der Waals surface area contributed by atoms with Crippen LogP contribution >= 0.6 is 23.2 Å². The second kappa shape index (κ2) is 8.53. The molecule has 1 aromatic carbocycles. The third kappa shape index (κ3) is 4.49. The van der Waals surface area contributed by atoms with Gasteiger partial charge in [0.2, 0.25) is 5.91 Å². The molecule has 0 radical (unpaired) electrons. The topological polar surface area (TPSA) is 84.5 Å². The molecule has 1 aromatic rings. The molecule has 4 aliphatic rings. The van der Waals surface area contributed by atoms with Gasteiger partial charge < -0.3 is 15.4 Å². The summed E-state index contributed by atoms with van der Waals surface area (Å²) in [5.74, 6) is 0.0658. The first-order chi connectivity index (χ1) is 15.0. The first-order valence-electron chi connectivity index (χ1n) is 11.3. The van der Waals surface area contributed by atoms with Crippen molar-refractivity contribution in [3.8, 4) is 0 Å². The zero-order valence-corrected chi connectivity index (χ0v) is 20.2. The van der Waals surface area contributed by atoms with Gasteiger partial charge in [-0.1, -0.05) is 29.3 Å². The largest absolute Gasteiger partial charge is 0.452 e. The molecule has 174 valence electrons. The van der Waals surface area contributed by atoms with Crippen molar-refractivity contribution in [2.75, 3.05) is 0 Å². The molecule has 6 nitrogen and oxygen atoms in total. The molecule has 0 saturated heterocycles. The maximum Gasteiger partial charge on any atom is 0.312 e. The van der Waals surface area contributed by atoms with Gasteiger partial charge in [-0.15, -0.1) is 0 Å². The average Bonchev–Trinajstić information content (AvgIpc) is 2.65. The molecular weight excluding hydrogens is 451 g/mol. The van der Waals surface area contributed by atoms with Gasteiger partial charge in [0, 0.05) is 22.5 Å².